The summed E-state index contributed by atoms with van der Waals surface area (Å²) < 4.78 is 35.4. The van der Waals surface area contributed by atoms with E-state index in [4.69, 9.17) is 4.74 Å². The van der Waals surface area contributed by atoms with Gasteiger partial charge in [-0.3, -0.25) is 9.58 Å². The van der Waals surface area contributed by atoms with E-state index >= 15 is 0 Å². The molecule has 1 fully saturated rings. The van der Waals surface area contributed by atoms with Gasteiger partial charge in [0.05, 0.1) is 25.5 Å². The lowest BCUT2D eigenvalue weighted by Gasteiger charge is -2.30. The standard InChI is InChI=1S/C17H24N4O3S/c1-2-21-13-16(12-18-21)25(22,23)19-17(15-6-4-3-5-7-15)14-20-8-10-24-11-9-20/h3-7,12-13,17,19H,2,8-11,14H2,1H3. The second-order valence-corrected chi connectivity index (χ2v) is 7.74. The van der Waals surface area contributed by atoms with Gasteiger partial charge in [-0.05, 0) is 12.5 Å². The summed E-state index contributed by atoms with van der Waals surface area (Å²) in [4.78, 5) is 2.41. The van der Waals surface area contributed by atoms with E-state index in [9.17, 15) is 8.42 Å². The molecule has 0 saturated carbocycles. The van der Waals surface area contributed by atoms with Gasteiger partial charge in [-0.2, -0.15) is 5.10 Å². The highest BCUT2D eigenvalue weighted by molar-refractivity contribution is 7.89. The summed E-state index contributed by atoms with van der Waals surface area (Å²) in [7, 11) is -3.64. The van der Waals surface area contributed by atoms with Crippen molar-refractivity contribution in [1.29, 1.82) is 0 Å². The van der Waals surface area contributed by atoms with E-state index in [1.807, 2.05) is 37.3 Å². The van der Waals surface area contributed by atoms with E-state index in [0.29, 0.717) is 26.3 Å². The van der Waals surface area contributed by atoms with Crippen molar-refractivity contribution < 1.29 is 13.2 Å². The van der Waals surface area contributed by atoms with Crippen LogP contribution >= 0.6 is 0 Å². The van der Waals surface area contributed by atoms with Gasteiger partial charge in [0, 0.05) is 32.4 Å². The molecule has 0 amide bonds. The number of aryl methyl sites for hydroxylation is 1. The number of rotatable bonds is 7. The number of ether oxygens (including phenoxy) is 1. The highest BCUT2D eigenvalue weighted by Gasteiger charge is 2.25. The Kier molecular flexibility index (Phi) is 5.85. The van der Waals surface area contributed by atoms with Gasteiger partial charge in [-0.1, -0.05) is 30.3 Å². The van der Waals surface area contributed by atoms with E-state index in [1.54, 1.807) is 10.9 Å². The number of nitrogens with one attached hydrogen (secondary N) is 1. The molecule has 2 aromatic rings. The summed E-state index contributed by atoms with van der Waals surface area (Å²) in [6.07, 6.45) is 2.95. The number of aromatic nitrogens is 2. The molecule has 1 unspecified atom stereocenters. The van der Waals surface area contributed by atoms with Crippen LogP contribution < -0.4 is 4.72 Å². The zero-order chi connectivity index (χ0) is 17.7. The quantitative estimate of drug-likeness (QED) is 0.800. The Morgan fingerprint density at radius 3 is 2.60 bits per heavy atom. The summed E-state index contributed by atoms with van der Waals surface area (Å²) in [5.41, 5.74) is 0.945. The van der Waals surface area contributed by atoms with Crippen molar-refractivity contribution in [1.82, 2.24) is 19.4 Å². The normalized spacial score (nSPS) is 17.5. The predicted octanol–water partition coefficient (Wildman–Crippen LogP) is 1.25. The highest BCUT2D eigenvalue weighted by atomic mass is 32.2. The maximum absolute atomic E-state index is 12.8. The third-order valence-electron chi connectivity index (χ3n) is 4.29. The minimum absolute atomic E-state index is 0.192. The number of nitrogens with zero attached hydrogens (tertiary/aromatic N) is 3. The Labute approximate surface area is 148 Å². The van der Waals surface area contributed by atoms with Gasteiger partial charge in [0.1, 0.15) is 4.90 Å². The molecule has 1 aromatic heterocycles. The fourth-order valence-electron chi connectivity index (χ4n) is 2.85. The number of hydrogen-bond acceptors (Lipinski definition) is 5. The highest BCUT2D eigenvalue weighted by Crippen LogP contribution is 2.19. The average Bonchev–Trinajstić information content (AvgIpc) is 3.13. The van der Waals surface area contributed by atoms with Crippen molar-refractivity contribution in [3.05, 3.63) is 48.3 Å². The van der Waals surface area contributed by atoms with Crippen molar-refractivity contribution in [2.75, 3.05) is 32.8 Å². The van der Waals surface area contributed by atoms with E-state index in [1.165, 1.54) is 6.20 Å². The molecule has 0 aliphatic carbocycles. The van der Waals surface area contributed by atoms with Gasteiger partial charge in [0.15, 0.2) is 0 Å². The third kappa shape index (κ3) is 4.66. The average molecular weight is 364 g/mol. The van der Waals surface area contributed by atoms with Crippen LogP contribution in [0.25, 0.3) is 0 Å². The fraction of sp³-hybridized carbons (Fsp3) is 0.471. The molecular weight excluding hydrogens is 340 g/mol. The van der Waals surface area contributed by atoms with Gasteiger partial charge in [0.2, 0.25) is 10.0 Å². The number of hydrogen-bond donors (Lipinski definition) is 1. The molecule has 1 aliphatic rings. The zero-order valence-electron chi connectivity index (χ0n) is 14.3. The molecule has 25 heavy (non-hydrogen) atoms. The van der Waals surface area contributed by atoms with Crippen molar-refractivity contribution in [2.45, 2.75) is 24.4 Å². The molecule has 8 heteroatoms. The number of benzene rings is 1. The maximum Gasteiger partial charge on any atom is 0.244 e. The molecule has 136 valence electrons. The molecular formula is C17H24N4O3S. The van der Waals surface area contributed by atoms with Crippen LogP contribution in [0.2, 0.25) is 0 Å². The third-order valence-corrected chi connectivity index (χ3v) is 5.71. The molecule has 7 nitrogen and oxygen atoms in total. The first-order valence-electron chi connectivity index (χ1n) is 8.48. The van der Waals surface area contributed by atoms with Crippen LogP contribution in [0.5, 0.6) is 0 Å². The van der Waals surface area contributed by atoms with Crippen molar-refractivity contribution in [3.8, 4) is 0 Å². The van der Waals surface area contributed by atoms with Crippen molar-refractivity contribution >= 4 is 10.0 Å². The molecule has 1 atom stereocenters. The van der Waals surface area contributed by atoms with Gasteiger partial charge in [0.25, 0.3) is 0 Å². The van der Waals surface area contributed by atoms with Crippen LogP contribution in [-0.2, 0) is 21.3 Å². The van der Waals surface area contributed by atoms with E-state index in [0.717, 1.165) is 18.7 Å². The molecule has 0 bridgehead atoms. The zero-order valence-corrected chi connectivity index (χ0v) is 15.2. The van der Waals surface area contributed by atoms with Gasteiger partial charge in [-0.25, -0.2) is 13.1 Å². The summed E-state index contributed by atoms with van der Waals surface area (Å²) in [6, 6.07) is 9.34. The number of morpholine rings is 1. The topological polar surface area (TPSA) is 76.5 Å². The first-order chi connectivity index (χ1) is 12.1. The fourth-order valence-corrected chi connectivity index (χ4v) is 4.02. The van der Waals surface area contributed by atoms with Crippen LogP contribution in [0, 0.1) is 0 Å². The Bertz CT molecular complexity index is 770. The molecule has 1 saturated heterocycles. The van der Waals surface area contributed by atoms with E-state index in [2.05, 4.69) is 14.7 Å². The lowest BCUT2D eigenvalue weighted by Crippen LogP contribution is -2.43. The van der Waals surface area contributed by atoms with Crippen LogP contribution in [0.3, 0.4) is 0 Å². The minimum atomic E-state index is -3.64. The summed E-state index contributed by atoms with van der Waals surface area (Å²) in [5.74, 6) is 0. The lowest BCUT2D eigenvalue weighted by atomic mass is 10.1. The Hall–Kier alpha value is -1.74. The van der Waals surface area contributed by atoms with Crippen LogP contribution in [0.15, 0.2) is 47.6 Å². The monoisotopic (exact) mass is 364 g/mol. The van der Waals surface area contributed by atoms with Crippen LogP contribution in [-0.4, -0.2) is 55.9 Å². The molecule has 2 heterocycles. The van der Waals surface area contributed by atoms with Crippen LogP contribution in [0.4, 0.5) is 0 Å². The maximum atomic E-state index is 12.8. The lowest BCUT2D eigenvalue weighted by molar-refractivity contribution is 0.0345. The largest absolute Gasteiger partial charge is 0.379 e. The first-order valence-corrected chi connectivity index (χ1v) is 9.96. The number of sulfonamides is 1. The summed E-state index contributed by atoms with van der Waals surface area (Å²) >= 11 is 0. The smallest absolute Gasteiger partial charge is 0.244 e. The van der Waals surface area contributed by atoms with Crippen LogP contribution in [0.1, 0.15) is 18.5 Å². The molecule has 0 spiro atoms. The molecule has 1 aromatic carbocycles. The molecule has 1 N–H and O–H groups in total. The molecule has 3 rings (SSSR count). The summed E-state index contributed by atoms with van der Waals surface area (Å²) in [5, 5.41) is 4.07. The second kappa shape index (κ2) is 8.09. The minimum Gasteiger partial charge on any atom is -0.379 e. The Balaban J connectivity index is 1.81. The van der Waals surface area contributed by atoms with E-state index < -0.39 is 10.0 Å². The SMILES string of the molecule is CCn1cc(S(=O)(=O)NC(CN2CCOCC2)c2ccccc2)cn1. The Morgan fingerprint density at radius 2 is 1.96 bits per heavy atom. The summed E-state index contributed by atoms with van der Waals surface area (Å²) in [6.45, 7) is 6.12. The first kappa shape index (κ1) is 18.1. The van der Waals surface area contributed by atoms with E-state index in [-0.39, 0.29) is 10.9 Å². The van der Waals surface area contributed by atoms with Gasteiger partial charge < -0.3 is 4.74 Å². The molecule has 1 aliphatic heterocycles. The van der Waals surface area contributed by atoms with Gasteiger partial charge >= 0.3 is 0 Å². The predicted molar refractivity (Wildman–Crippen MR) is 94.7 cm³/mol. The second-order valence-electron chi connectivity index (χ2n) is 6.03. The van der Waals surface area contributed by atoms with Crippen molar-refractivity contribution in [2.24, 2.45) is 0 Å². The van der Waals surface area contributed by atoms with Gasteiger partial charge in [-0.15, -0.1) is 0 Å². The molecule has 0 radical (unpaired) electrons. The Morgan fingerprint density at radius 1 is 1.24 bits per heavy atom. The van der Waals surface area contributed by atoms with Crippen molar-refractivity contribution in [3.63, 3.8) is 0 Å².